The first-order valence-corrected chi connectivity index (χ1v) is 9.06. The molecule has 2 aromatic rings. The summed E-state index contributed by atoms with van der Waals surface area (Å²) in [5.41, 5.74) is 2.55. The van der Waals surface area contributed by atoms with Crippen LogP contribution in [0.5, 0.6) is 11.5 Å². The molecule has 2 heterocycles. The Bertz CT molecular complexity index is 656. The van der Waals surface area contributed by atoms with E-state index in [2.05, 4.69) is 35.0 Å². The van der Waals surface area contributed by atoms with Gasteiger partial charge < -0.3 is 13.9 Å². The molecule has 4 heteroatoms. The fourth-order valence-corrected chi connectivity index (χ4v) is 3.41. The Hall–Kier alpha value is -1.42. The van der Waals surface area contributed by atoms with Gasteiger partial charge in [-0.25, -0.2) is 0 Å². The largest absolute Gasteiger partial charge is 0.466 e. The maximum atomic E-state index is 5.72. The van der Waals surface area contributed by atoms with Crippen molar-refractivity contribution in [3.8, 4) is 11.5 Å². The Labute approximate surface area is 146 Å². The summed E-state index contributed by atoms with van der Waals surface area (Å²) < 4.78 is 17.7. The van der Waals surface area contributed by atoms with E-state index >= 15 is 0 Å². The van der Waals surface area contributed by atoms with Gasteiger partial charge in [-0.3, -0.25) is 0 Å². The van der Waals surface area contributed by atoms with E-state index in [0.29, 0.717) is 6.79 Å². The van der Waals surface area contributed by atoms with Crippen molar-refractivity contribution in [2.24, 2.45) is 0 Å². The number of halogens is 1. The number of unbranched alkanes of at least 4 members (excludes halogenated alkanes) is 3. The molecule has 23 heavy (non-hydrogen) atoms. The van der Waals surface area contributed by atoms with Crippen LogP contribution in [0.4, 0.5) is 0 Å². The van der Waals surface area contributed by atoms with Crippen LogP contribution in [0.25, 0.3) is 0 Å². The second-order valence-corrected chi connectivity index (χ2v) is 7.02. The van der Waals surface area contributed by atoms with Gasteiger partial charge in [-0.1, -0.05) is 28.8 Å². The molecule has 1 aliphatic rings. The molecule has 0 spiro atoms. The van der Waals surface area contributed by atoms with E-state index in [1.807, 2.05) is 13.0 Å². The molecule has 0 saturated carbocycles. The van der Waals surface area contributed by atoms with E-state index in [9.17, 15) is 0 Å². The minimum absolute atomic E-state index is 0.330. The lowest BCUT2D eigenvalue weighted by molar-refractivity contribution is 0.174. The highest BCUT2D eigenvalue weighted by atomic mass is 79.9. The Kier molecular flexibility index (Phi) is 5.31. The molecule has 0 atom stereocenters. The number of fused-ring (bicyclic) bond motifs is 1. The molecule has 1 aromatic heterocycles. The summed E-state index contributed by atoms with van der Waals surface area (Å²) in [5, 5.41) is 0. The Balaban J connectivity index is 1.38. The summed E-state index contributed by atoms with van der Waals surface area (Å²) in [7, 11) is 0. The van der Waals surface area contributed by atoms with Crippen molar-refractivity contribution in [3.63, 3.8) is 0 Å². The Morgan fingerprint density at radius 3 is 2.30 bits per heavy atom. The number of rotatable bonds is 7. The van der Waals surface area contributed by atoms with Gasteiger partial charge in [0.2, 0.25) is 6.79 Å². The van der Waals surface area contributed by atoms with E-state index < -0.39 is 0 Å². The van der Waals surface area contributed by atoms with Gasteiger partial charge in [0.1, 0.15) is 11.5 Å². The molecule has 0 aliphatic carbocycles. The van der Waals surface area contributed by atoms with E-state index in [4.69, 9.17) is 13.9 Å². The number of furan rings is 1. The molecule has 0 saturated heterocycles. The van der Waals surface area contributed by atoms with E-state index in [1.54, 1.807) is 0 Å². The maximum absolute atomic E-state index is 5.72. The summed E-state index contributed by atoms with van der Waals surface area (Å²) in [5.74, 6) is 3.88. The number of aryl methyl sites for hydroxylation is 4. The van der Waals surface area contributed by atoms with Gasteiger partial charge in [0.25, 0.3) is 0 Å². The summed E-state index contributed by atoms with van der Waals surface area (Å²) >= 11 is 3.62. The third-order valence-corrected chi connectivity index (χ3v) is 5.12. The van der Waals surface area contributed by atoms with Crippen molar-refractivity contribution in [2.45, 2.75) is 52.4 Å². The number of ether oxygens (including phenoxy) is 2. The molecule has 0 amide bonds. The minimum atomic E-state index is 0.330. The highest BCUT2D eigenvalue weighted by Crippen LogP contribution is 2.37. The maximum Gasteiger partial charge on any atom is 0.231 e. The highest BCUT2D eigenvalue weighted by molar-refractivity contribution is 9.10. The number of hydrogen-bond acceptors (Lipinski definition) is 3. The molecule has 0 fully saturated rings. The van der Waals surface area contributed by atoms with Crippen LogP contribution in [0, 0.1) is 13.8 Å². The summed E-state index contributed by atoms with van der Waals surface area (Å²) in [6, 6.07) is 6.28. The molecule has 3 rings (SSSR count). The second-order valence-electron chi connectivity index (χ2n) is 6.16. The van der Waals surface area contributed by atoms with Crippen LogP contribution in [0.15, 0.2) is 27.1 Å². The van der Waals surface area contributed by atoms with Gasteiger partial charge in [0, 0.05) is 10.9 Å². The molecule has 0 bridgehead atoms. The molecule has 1 aromatic carbocycles. The molecular formula is C19H23BrO3. The highest BCUT2D eigenvalue weighted by Gasteiger charge is 2.15. The zero-order valence-electron chi connectivity index (χ0n) is 13.8. The molecule has 1 aliphatic heterocycles. The zero-order valence-corrected chi connectivity index (χ0v) is 15.4. The van der Waals surface area contributed by atoms with Crippen molar-refractivity contribution < 1.29 is 13.9 Å². The lowest BCUT2D eigenvalue weighted by Gasteiger charge is -2.06. The topological polar surface area (TPSA) is 31.6 Å². The van der Waals surface area contributed by atoms with Gasteiger partial charge in [0.15, 0.2) is 11.5 Å². The zero-order chi connectivity index (χ0) is 16.2. The van der Waals surface area contributed by atoms with Crippen molar-refractivity contribution in [1.29, 1.82) is 0 Å². The minimum Gasteiger partial charge on any atom is -0.466 e. The lowest BCUT2D eigenvalue weighted by Crippen LogP contribution is -1.93. The van der Waals surface area contributed by atoms with Crippen LogP contribution < -0.4 is 9.47 Å². The van der Waals surface area contributed by atoms with E-state index in [-0.39, 0.29) is 0 Å². The van der Waals surface area contributed by atoms with Crippen molar-refractivity contribution in [1.82, 2.24) is 0 Å². The number of benzene rings is 1. The third kappa shape index (κ3) is 4.11. The standard InChI is InChI=1S/C19H23BrO3/c1-13-9-16(23-14(13)2)8-6-4-3-5-7-15-10-18-19(11-17(15)20)22-12-21-18/h9-11H,3-8,12H2,1-2H3. The first-order chi connectivity index (χ1) is 11.1. The number of hydrogen-bond donors (Lipinski definition) is 0. The molecule has 3 nitrogen and oxygen atoms in total. The van der Waals surface area contributed by atoms with E-state index in [1.165, 1.54) is 36.8 Å². The molecule has 124 valence electrons. The Morgan fingerprint density at radius 1 is 0.913 bits per heavy atom. The lowest BCUT2D eigenvalue weighted by atomic mass is 10.0. The van der Waals surface area contributed by atoms with Gasteiger partial charge in [-0.05, 0) is 62.4 Å². The van der Waals surface area contributed by atoms with Crippen molar-refractivity contribution in [2.75, 3.05) is 6.79 Å². The van der Waals surface area contributed by atoms with E-state index in [0.717, 1.165) is 40.3 Å². The first-order valence-electron chi connectivity index (χ1n) is 8.27. The van der Waals surface area contributed by atoms with Crippen molar-refractivity contribution in [3.05, 3.63) is 45.3 Å². The van der Waals surface area contributed by atoms with Gasteiger partial charge in [-0.2, -0.15) is 0 Å². The predicted molar refractivity (Wildman–Crippen MR) is 94.3 cm³/mol. The summed E-state index contributed by atoms with van der Waals surface area (Å²) in [6.07, 6.45) is 6.96. The average Bonchev–Trinajstić information content (AvgIpc) is 3.09. The van der Waals surface area contributed by atoms with Crippen LogP contribution in [-0.4, -0.2) is 6.79 Å². The summed E-state index contributed by atoms with van der Waals surface area (Å²) in [6.45, 7) is 4.46. The van der Waals surface area contributed by atoms with Gasteiger partial charge in [0.05, 0.1) is 0 Å². The van der Waals surface area contributed by atoms with Crippen molar-refractivity contribution >= 4 is 15.9 Å². The second kappa shape index (κ2) is 7.43. The van der Waals surface area contributed by atoms with Crippen LogP contribution in [-0.2, 0) is 12.8 Å². The molecule has 0 radical (unpaired) electrons. The normalized spacial score (nSPS) is 12.8. The predicted octanol–water partition coefficient (Wildman–Crippen LogP) is 5.73. The summed E-state index contributed by atoms with van der Waals surface area (Å²) in [4.78, 5) is 0. The fourth-order valence-electron chi connectivity index (χ4n) is 2.89. The third-order valence-electron chi connectivity index (χ3n) is 4.38. The van der Waals surface area contributed by atoms with Crippen LogP contribution in [0.2, 0.25) is 0 Å². The SMILES string of the molecule is Cc1cc(CCCCCCc2cc3c(cc2Br)OCO3)oc1C. The fraction of sp³-hybridized carbons (Fsp3) is 0.474. The van der Waals surface area contributed by atoms with Crippen LogP contribution in [0.3, 0.4) is 0 Å². The molecule has 0 N–H and O–H groups in total. The Morgan fingerprint density at radius 2 is 1.61 bits per heavy atom. The average molecular weight is 379 g/mol. The monoisotopic (exact) mass is 378 g/mol. The van der Waals surface area contributed by atoms with Crippen LogP contribution >= 0.6 is 15.9 Å². The van der Waals surface area contributed by atoms with Crippen LogP contribution in [0.1, 0.15) is 48.3 Å². The molecular weight excluding hydrogens is 356 g/mol. The molecule has 0 unspecified atom stereocenters. The smallest absolute Gasteiger partial charge is 0.231 e. The van der Waals surface area contributed by atoms with Gasteiger partial charge in [-0.15, -0.1) is 0 Å². The van der Waals surface area contributed by atoms with Gasteiger partial charge >= 0.3 is 0 Å². The first kappa shape index (κ1) is 16.4. The quantitative estimate of drug-likeness (QED) is 0.576.